The number of fused-ring (bicyclic) bond motifs is 1. The third kappa shape index (κ3) is 3.23. The summed E-state index contributed by atoms with van der Waals surface area (Å²) in [4.78, 5) is 0. The molecule has 2 aromatic rings. The molecule has 1 unspecified atom stereocenters. The average molecular weight is 365 g/mol. The van der Waals surface area contributed by atoms with Crippen molar-refractivity contribution in [2.75, 3.05) is 0 Å². The van der Waals surface area contributed by atoms with Gasteiger partial charge in [0.1, 0.15) is 5.82 Å². The molecular formula is C22H21FNOP. The maximum Gasteiger partial charge on any atom is 0.123 e. The van der Waals surface area contributed by atoms with Gasteiger partial charge in [0, 0.05) is 11.2 Å². The third-order valence-corrected chi connectivity index (χ3v) is 6.63. The highest BCUT2D eigenvalue weighted by Crippen LogP contribution is 2.43. The highest BCUT2D eigenvalue weighted by molar-refractivity contribution is 7.52. The molecule has 0 saturated carbocycles. The summed E-state index contributed by atoms with van der Waals surface area (Å²) >= 11 is 0. The van der Waals surface area contributed by atoms with Crippen LogP contribution in [0.3, 0.4) is 0 Å². The van der Waals surface area contributed by atoms with Crippen molar-refractivity contribution in [1.29, 1.82) is 5.26 Å². The van der Waals surface area contributed by atoms with Gasteiger partial charge in [-0.25, -0.2) is 4.39 Å². The van der Waals surface area contributed by atoms with Gasteiger partial charge in [-0.15, -0.1) is 0 Å². The topological polar surface area (TPSA) is 44.0 Å². The van der Waals surface area contributed by atoms with Crippen molar-refractivity contribution in [1.82, 2.24) is 0 Å². The van der Waals surface area contributed by atoms with E-state index in [4.69, 9.17) is 5.26 Å². The van der Waals surface area contributed by atoms with Crippen LogP contribution in [0.5, 0.6) is 0 Å². The van der Waals surface area contributed by atoms with Crippen molar-refractivity contribution < 1.29 is 9.50 Å². The Hall–Kier alpha value is -2.27. The van der Waals surface area contributed by atoms with Crippen LogP contribution in [0.4, 0.5) is 4.39 Å². The summed E-state index contributed by atoms with van der Waals surface area (Å²) in [6, 6.07) is 14.1. The second-order valence-electron chi connectivity index (χ2n) is 6.70. The van der Waals surface area contributed by atoms with Gasteiger partial charge in [0.15, 0.2) is 0 Å². The number of nitriles is 1. The molecule has 26 heavy (non-hydrogen) atoms. The zero-order chi connectivity index (χ0) is 18.9. The van der Waals surface area contributed by atoms with Gasteiger partial charge in [0.2, 0.25) is 0 Å². The lowest BCUT2D eigenvalue weighted by molar-refractivity contribution is 0.00412. The van der Waals surface area contributed by atoms with E-state index in [1.807, 2.05) is 32.1 Å². The fourth-order valence-corrected chi connectivity index (χ4v) is 4.72. The fraction of sp³-hybridized carbons (Fsp3) is 0.273. The van der Waals surface area contributed by atoms with Gasteiger partial charge in [-0.2, -0.15) is 5.26 Å². The highest BCUT2D eigenvalue weighted by Gasteiger charge is 2.37. The Morgan fingerprint density at radius 1 is 1.23 bits per heavy atom. The minimum Gasteiger partial charge on any atom is -0.385 e. The predicted molar refractivity (Wildman–Crippen MR) is 106 cm³/mol. The maximum absolute atomic E-state index is 13.9. The molecule has 3 rings (SSSR count). The van der Waals surface area contributed by atoms with Gasteiger partial charge in [0.25, 0.3) is 0 Å². The van der Waals surface area contributed by atoms with E-state index in [0.29, 0.717) is 17.5 Å². The first-order valence-electron chi connectivity index (χ1n) is 8.69. The molecular weight excluding hydrogens is 344 g/mol. The van der Waals surface area contributed by atoms with Crippen LogP contribution >= 0.6 is 8.20 Å². The quantitative estimate of drug-likeness (QED) is 0.706. The van der Waals surface area contributed by atoms with Crippen LogP contribution in [0.15, 0.2) is 42.5 Å². The molecule has 2 atom stereocenters. The molecule has 132 valence electrons. The summed E-state index contributed by atoms with van der Waals surface area (Å²) in [5.41, 5.74) is 2.05. The predicted octanol–water partition coefficient (Wildman–Crippen LogP) is 5.58. The lowest BCUT2D eigenvalue weighted by Gasteiger charge is -2.36. The molecule has 2 nitrogen and oxygen atoms in total. The van der Waals surface area contributed by atoms with E-state index in [0.717, 1.165) is 29.9 Å². The molecule has 0 fully saturated rings. The zero-order valence-electron chi connectivity index (χ0n) is 15.1. The van der Waals surface area contributed by atoms with Gasteiger partial charge < -0.3 is 5.11 Å². The molecule has 0 aliphatic carbocycles. The van der Waals surface area contributed by atoms with E-state index in [-0.39, 0.29) is 11.7 Å². The van der Waals surface area contributed by atoms with Crippen LogP contribution < -0.4 is 0 Å². The Bertz CT molecular complexity index is 940. The van der Waals surface area contributed by atoms with Crippen molar-refractivity contribution in [3.8, 4) is 6.07 Å². The Balaban J connectivity index is 2.25. The summed E-state index contributed by atoms with van der Waals surface area (Å²) in [5.74, 6) is -0.385. The summed E-state index contributed by atoms with van der Waals surface area (Å²) in [5, 5.41) is 22.6. The number of rotatable bonds is 2. The average Bonchev–Trinajstić information content (AvgIpc) is 2.65. The van der Waals surface area contributed by atoms with Gasteiger partial charge >= 0.3 is 0 Å². The van der Waals surface area contributed by atoms with E-state index in [1.54, 1.807) is 18.2 Å². The van der Waals surface area contributed by atoms with Crippen molar-refractivity contribution in [3.05, 3.63) is 70.5 Å². The minimum atomic E-state index is -1.02. The Labute approximate surface area is 155 Å². The maximum atomic E-state index is 13.9. The van der Waals surface area contributed by atoms with E-state index < -0.39 is 5.60 Å². The molecule has 0 radical (unpaired) electrons. The third-order valence-electron chi connectivity index (χ3n) is 5.26. The molecule has 0 amide bonds. The normalized spacial score (nSPS) is 25.0. The van der Waals surface area contributed by atoms with Crippen LogP contribution in [0.2, 0.25) is 0 Å². The smallest absolute Gasteiger partial charge is 0.123 e. The monoisotopic (exact) mass is 365 g/mol. The lowest BCUT2D eigenvalue weighted by atomic mass is 9.76. The molecule has 2 aromatic carbocycles. The number of aliphatic hydroxyl groups is 1. The lowest BCUT2D eigenvalue weighted by Crippen LogP contribution is -2.37. The number of hydrogen-bond donors (Lipinski definition) is 1. The van der Waals surface area contributed by atoms with E-state index in [2.05, 4.69) is 13.0 Å². The van der Waals surface area contributed by atoms with Crippen molar-refractivity contribution in [3.63, 3.8) is 0 Å². The molecule has 1 aliphatic rings. The van der Waals surface area contributed by atoms with Crippen LogP contribution in [-0.4, -0.2) is 10.4 Å². The van der Waals surface area contributed by atoms with Crippen molar-refractivity contribution in [2.24, 2.45) is 5.92 Å². The number of nitrogens with zero attached hydrogens (tertiary/aromatic N) is 1. The Morgan fingerprint density at radius 2 is 1.92 bits per heavy atom. The van der Waals surface area contributed by atoms with Crippen LogP contribution in [0.25, 0.3) is 11.4 Å². The SMILES string of the molecule is CC[C@]1(O)c2ccc(F)cc2/C=C(/c2ccc(C#N)cc2)P=C(C)C1C. The summed E-state index contributed by atoms with van der Waals surface area (Å²) in [6.45, 7) is 6.04. The Kier molecular flexibility index (Phi) is 5.10. The zero-order valence-corrected chi connectivity index (χ0v) is 16.0. The van der Waals surface area contributed by atoms with Gasteiger partial charge in [-0.1, -0.05) is 40.3 Å². The van der Waals surface area contributed by atoms with Gasteiger partial charge in [0.05, 0.1) is 17.2 Å². The van der Waals surface area contributed by atoms with Gasteiger partial charge in [-0.3, -0.25) is 0 Å². The van der Waals surface area contributed by atoms with E-state index >= 15 is 0 Å². The highest BCUT2D eigenvalue weighted by atomic mass is 31.1. The summed E-state index contributed by atoms with van der Waals surface area (Å²) in [7, 11) is 0.998. The van der Waals surface area contributed by atoms with Crippen LogP contribution in [0, 0.1) is 23.1 Å². The number of halogens is 1. The fourth-order valence-electron chi connectivity index (χ4n) is 3.45. The van der Waals surface area contributed by atoms with Crippen LogP contribution in [0.1, 0.15) is 49.4 Å². The molecule has 0 saturated heterocycles. The van der Waals surface area contributed by atoms with Crippen molar-refractivity contribution in [2.45, 2.75) is 32.8 Å². The molecule has 1 aliphatic heterocycles. The molecule has 0 aromatic heterocycles. The largest absolute Gasteiger partial charge is 0.385 e. The molecule has 1 heterocycles. The first-order chi connectivity index (χ1) is 12.4. The molecule has 0 bridgehead atoms. The first kappa shape index (κ1) is 18.5. The minimum absolute atomic E-state index is 0.0690. The summed E-state index contributed by atoms with van der Waals surface area (Å²) < 4.78 is 13.9. The number of benzene rings is 2. The second-order valence-corrected chi connectivity index (χ2v) is 8.11. The van der Waals surface area contributed by atoms with Gasteiger partial charge in [-0.05, 0) is 65.7 Å². The van der Waals surface area contributed by atoms with Crippen molar-refractivity contribution >= 4 is 24.9 Å². The summed E-state index contributed by atoms with van der Waals surface area (Å²) in [6.07, 6.45) is 2.51. The van der Waals surface area contributed by atoms with Crippen LogP contribution in [-0.2, 0) is 5.60 Å². The second kappa shape index (κ2) is 7.16. The van der Waals surface area contributed by atoms with E-state index in [9.17, 15) is 9.50 Å². The molecule has 1 N–H and O–H groups in total. The molecule has 4 heteroatoms. The first-order valence-corrected chi connectivity index (χ1v) is 9.58. The van der Waals surface area contributed by atoms with E-state index in [1.165, 1.54) is 12.1 Å². The standard InChI is InChI=1S/C22H21FNOP/c1-4-22(25)14(2)15(3)26-21(17-7-5-16(13-24)6-8-17)12-18-11-19(23)9-10-20(18)22/h5-12,14,25H,4H2,1-3H3/b21-12-/t14?,22-/m1/s1. The molecule has 0 spiro atoms. The Morgan fingerprint density at radius 3 is 2.54 bits per heavy atom. The number of hydrogen-bond acceptors (Lipinski definition) is 2.